The number of ether oxygens (including phenoxy) is 4. The summed E-state index contributed by atoms with van der Waals surface area (Å²) in [6, 6.07) is 7.49. The van der Waals surface area contributed by atoms with Crippen molar-refractivity contribution < 1.29 is 50.5 Å². The third-order valence-electron chi connectivity index (χ3n) is 8.62. The minimum Gasteiger partial charge on any atom is -0.490 e. The lowest BCUT2D eigenvalue weighted by Crippen LogP contribution is -2.43. The van der Waals surface area contributed by atoms with Crippen molar-refractivity contribution in [3.05, 3.63) is 53.1 Å². The number of carbonyl (C=O) groups is 2. The average molecular weight is 582 g/mol. The van der Waals surface area contributed by atoms with Crippen LogP contribution < -0.4 is 19.5 Å². The molecular weight excluding hydrogens is 553 g/mol. The number of alkyl halides is 5. The second-order valence-electron chi connectivity index (χ2n) is 11.2. The number of esters is 1. The Morgan fingerprint density at radius 3 is 2.44 bits per heavy atom. The van der Waals surface area contributed by atoms with Crippen LogP contribution in [0.2, 0.25) is 0 Å². The predicted octanol–water partition coefficient (Wildman–Crippen LogP) is 6.05. The van der Waals surface area contributed by atoms with Gasteiger partial charge in [-0.2, -0.15) is 13.2 Å². The SMILES string of the molecule is COC(=O)C1CCCC([C@H]2C[C@@H](C(=O)NC3(c4ccc5c(c4)OC(F)(F)O5)CC3)c3ccc(C(F)(F)F)cc3O2)C1. The summed E-state index contributed by atoms with van der Waals surface area (Å²) < 4.78 is 87.8. The van der Waals surface area contributed by atoms with Gasteiger partial charge in [0.25, 0.3) is 0 Å². The van der Waals surface area contributed by atoms with Gasteiger partial charge in [-0.05, 0) is 67.9 Å². The van der Waals surface area contributed by atoms with Gasteiger partial charge in [0.05, 0.1) is 30.0 Å². The molecule has 2 aromatic carbocycles. The van der Waals surface area contributed by atoms with E-state index in [9.17, 15) is 31.5 Å². The fourth-order valence-corrected chi connectivity index (χ4v) is 6.33. The summed E-state index contributed by atoms with van der Waals surface area (Å²) in [7, 11) is 1.32. The van der Waals surface area contributed by atoms with Crippen LogP contribution in [0, 0.1) is 11.8 Å². The maximum atomic E-state index is 13.8. The van der Waals surface area contributed by atoms with Gasteiger partial charge in [0, 0.05) is 12.0 Å². The average Bonchev–Trinajstić information content (AvgIpc) is 3.64. The highest BCUT2D eigenvalue weighted by Crippen LogP contribution is 2.51. The molecule has 1 amide bonds. The van der Waals surface area contributed by atoms with E-state index in [4.69, 9.17) is 9.47 Å². The van der Waals surface area contributed by atoms with E-state index in [-0.39, 0.29) is 41.5 Å². The van der Waals surface area contributed by atoms with E-state index in [1.807, 2.05) is 0 Å². The van der Waals surface area contributed by atoms with Crippen molar-refractivity contribution in [2.24, 2.45) is 11.8 Å². The molecule has 2 saturated carbocycles. The standard InChI is InChI=1S/C29H28F5NO6/c1-38-26(37)16-4-2-3-15(11-16)22-14-20(19-7-5-18(28(30,31)32)13-23(19)39-22)25(36)35-27(9-10-27)17-6-8-21-24(12-17)41-29(33,34)40-21/h5-8,12-13,15-16,20,22H,2-4,9-11,14H2,1H3,(H,35,36)/t15?,16?,20-,22-/m1/s1. The highest BCUT2D eigenvalue weighted by Gasteiger charge is 2.50. The molecule has 2 heterocycles. The van der Waals surface area contributed by atoms with E-state index in [2.05, 4.69) is 14.8 Å². The predicted molar refractivity (Wildman–Crippen MR) is 132 cm³/mol. The molecule has 2 aliphatic carbocycles. The van der Waals surface area contributed by atoms with Crippen molar-refractivity contribution in [3.8, 4) is 17.2 Å². The summed E-state index contributed by atoms with van der Waals surface area (Å²) in [6.07, 6.45) is -5.13. The molecule has 1 N–H and O–H groups in total. The molecule has 2 fully saturated rings. The van der Waals surface area contributed by atoms with Crippen LogP contribution in [-0.2, 0) is 26.0 Å². The third-order valence-corrected chi connectivity index (χ3v) is 8.62. The summed E-state index contributed by atoms with van der Waals surface area (Å²) in [4.78, 5) is 26.0. The van der Waals surface area contributed by atoms with Gasteiger partial charge in [-0.25, -0.2) is 0 Å². The highest BCUT2D eigenvalue weighted by molar-refractivity contribution is 5.86. The molecule has 2 aromatic rings. The number of hydrogen-bond acceptors (Lipinski definition) is 6. The van der Waals surface area contributed by atoms with Gasteiger partial charge in [0.2, 0.25) is 5.91 Å². The van der Waals surface area contributed by atoms with E-state index in [0.717, 1.165) is 18.6 Å². The lowest BCUT2D eigenvalue weighted by atomic mass is 9.75. The van der Waals surface area contributed by atoms with Gasteiger partial charge in [-0.3, -0.25) is 9.59 Å². The van der Waals surface area contributed by atoms with E-state index in [0.29, 0.717) is 43.2 Å². The number of halogens is 5. The van der Waals surface area contributed by atoms with Crippen LogP contribution in [0.15, 0.2) is 36.4 Å². The first-order valence-corrected chi connectivity index (χ1v) is 13.6. The number of rotatable bonds is 5. The van der Waals surface area contributed by atoms with E-state index < -0.39 is 41.5 Å². The van der Waals surface area contributed by atoms with E-state index >= 15 is 0 Å². The molecule has 0 spiro atoms. The topological polar surface area (TPSA) is 83.1 Å². The molecule has 0 saturated heterocycles. The molecule has 4 aliphatic rings. The Morgan fingerprint density at radius 1 is 0.976 bits per heavy atom. The Labute approximate surface area is 232 Å². The van der Waals surface area contributed by atoms with E-state index in [1.165, 1.54) is 25.3 Å². The molecule has 0 bridgehead atoms. The van der Waals surface area contributed by atoms with Crippen molar-refractivity contribution in [1.29, 1.82) is 0 Å². The van der Waals surface area contributed by atoms with Gasteiger partial charge in [-0.15, -0.1) is 8.78 Å². The first kappa shape index (κ1) is 27.6. The summed E-state index contributed by atoms with van der Waals surface area (Å²) in [6.45, 7) is 0. The molecule has 4 atom stereocenters. The first-order valence-electron chi connectivity index (χ1n) is 13.6. The van der Waals surface area contributed by atoms with Crippen LogP contribution in [-0.4, -0.2) is 31.4 Å². The Hall–Kier alpha value is -3.57. The first-order chi connectivity index (χ1) is 19.4. The Bertz CT molecular complexity index is 1370. The molecule has 12 heteroatoms. The van der Waals surface area contributed by atoms with Gasteiger partial charge in [0.1, 0.15) is 11.9 Å². The second-order valence-corrected chi connectivity index (χ2v) is 11.2. The zero-order valence-corrected chi connectivity index (χ0v) is 22.1. The lowest BCUT2D eigenvalue weighted by Gasteiger charge is -2.39. The quantitative estimate of drug-likeness (QED) is 0.342. The highest BCUT2D eigenvalue weighted by atomic mass is 19.4. The normalized spacial score (nSPS) is 27.3. The van der Waals surface area contributed by atoms with Crippen molar-refractivity contribution in [3.63, 3.8) is 0 Å². The fraction of sp³-hybridized carbons (Fsp3) is 0.517. The maximum absolute atomic E-state index is 13.8. The van der Waals surface area contributed by atoms with Crippen LogP contribution in [0.3, 0.4) is 0 Å². The van der Waals surface area contributed by atoms with Crippen molar-refractivity contribution in [2.45, 2.75) is 75.0 Å². The molecular formula is C29H28F5NO6. The van der Waals surface area contributed by atoms with Crippen LogP contribution >= 0.6 is 0 Å². The zero-order chi connectivity index (χ0) is 29.2. The number of carbonyl (C=O) groups excluding carboxylic acids is 2. The fourth-order valence-electron chi connectivity index (χ4n) is 6.33. The number of methoxy groups -OCH3 is 1. The van der Waals surface area contributed by atoms with Crippen LogP contribution in [0.25, 0.3) is 0 Å². The third kappa shape index (κ3) is 5.28. The van der Waals surface area contributed by atoms with Gasteiger partial charge >= 0.3 is 18.4 Å². The summed E-state index contributed by atoms with van der Waals surface area (Å²) in [5.74, 6) is -2.31. The van der Waals surface area contributed by atoms with E-state index in [1.54, 1.807) is 6.07 Å². The number of amides is 1. The minimum absolute atomic E-state index is 0.00780. The summed E-state index contributed by atoms with van der Waals surface area (Å²) in [5, 5.41) is 3.04. The van der Waals surface area contributed by atoms with Crippen molar-refractivity contribution in [1.82, 2.24) is 5.32 Å². The van der Waals surface area contributed by atoms with Crippen molar-refractivity contribution in [2.75, 3.05) is 7.11 Å². The molecule has 2 unspecified atom stereocenters. The number of hydrogen-bond donors (Lipinski definition) is 1. The van der Waals surface area contributed by atoms with Crippen LogP contribution in [0.1, 0.15) is 67.6 Å². The number of fused-ring (bicyclic) bond motifs is 2. The molecule has 2 aliphatic heterocycles. The number of nitrogens with one attached hydrogen (secondary N) is 1. The molecule has 7 nitrogen and oxygen atoms in total. The Morgan fingerprint density at radius 2 is 1.73 bits per heavy atom. The van der Waals surface area contributed by atoms with Gasteiger partial charge in [-0.1, -0.05) is 18.6 Å². The summed E-state index contributed by atoms with van der Waals surface area (Å²) >= 11 is 0. The molecule has 0 aromatic heterocycles. The lowest BCUT2D eigenvalue weighted by molar-refractivity contribution is -0.286. The summed E-state index contributed by atoms with van der Waals surface area (Å²) in [5.41, 5.74) is -0.805. The monoisotopic (exact) mass is 581 g/mol. The Kier molecular flexibility index (Phi) is 6.57. The maximum Gasteiger partial charge on any atom is 0.586 e. The second kappa shape index (κ2) is 9.77. The van der Waals surface area contributed by atoms with Crippen molar-refractivity contribution >= 4 is 11.9 Å². The minimum atomic E-state index is -4.60. The van der Waals surface area contributed by atoms with Gasteiger partial charge in [0.15, 0.2) is 11.5 Å². The Balaban J connectivity index is 1.27. The van der Waals surface area contributed by atoms with Crippen LogP contribution in [0.4, 0.5) is 22.0 Å². The van der Waals surface area contributed by atoms with Crippen LogP contribution in [0.5, 0.6) is 17.2 Å². The molecule has 41 heavy (non-hydrogen) atoms. The van der Waals surface area contributed by atoms with Gasteiger partial charge < -0.3 is 24.3 Å². The molecule has 6 rings (SSSR count). The zero-order valence-electron chi connectivity index (χ0n) is 22.1. The largest absolute Gasteiger partial charge is 0.586 e. The molecule has 0 radical (unpaired) electrons. The number of benzene rings is 2. The smallest absolute Gasteiger partial charge is 0.490 e. The molecule has 220 valence electrons.